The summed E-state index contributed by atoms with van der Waals surface area (Å²) in [4.78, 5) is 28.2. The van der Waals surface area contributed by atoms with Gasteiger partial charge in [0.25, 0.3) is 0 Å². The van der Waals surface area contributed by atoms with Crippen molar-refractivity contribution in [1.29, 1.82) is 0 Å². The van der Waals surface area contributed by atoms with Crippen molar-refractivity contribution in [3.63, 3.8) is 0 Å². The van der Waals surface area contributed by atoms with Gasteiger partial charge in [0.2, 0.25) is 5.91 Å². The molecule has 110 valence electrons. The largest absolute Gasteiger partial charge is 0.368 e. The fourth-order valence-corrected chi connectivity index (χ4v) is 1.73. The van der Waals surface area contributed by atoms with Crippen molar-refractivity contribution in [3.8, 4) is 0 Å². The quantitative estimate of drug-likeness (QED) is 0.831. The van der Waals surface area contributed by atoms with Crippen LogP contribution in [0.3, 0.4) is 0 Å². The van der Waals surface area contributed by atoms with E-state index in [1.165, 1.54) is 15.8 Å². The summed E-state index contributed by atoms with van der Waals surface area (Å²) in [6, 6.07) is 3.41. The number of nitrogens with one attached hydrogen (secondary N) is 1. The van der Waals surface area contributed by atoms with E-state index in [1.807, 2.05) is 12.1 Å². The van der Waals surface area contributed by atoms with Gasteiger partial charge < -0.3 is 16.0 Å². The van der Waals surface area contributed by atoms with Crippen LogP contribution in [0.25, 0.3) is 0 Å². The van der Waals surface area contributed by atoms with Crippen molar-refractivity contribution in [2.24, 2.45) is 5.73 Å². The zero-order valence-electron chi connectivity index (χ0n) is 11.6. The zero-order chi connectivity index (χ0) is 15.2. The highest BCUT2D eigenvalue weighted by atomic mass is 16.2. The second kappa shape index (κ2) is 6.51. The van der Waals surface area contributed by atoms with Gasteiger partial charge in [-0.25, -0.2) is 4.79 Å². The first-order chi connectivity index (χ1) is 10.0. The first-order valence-corrected chi connectivity index (χ1v) is 6.26. The highest BCUT2D eigenvalue weighted by Crippen LogP contribution is 2.07. The molecule has 0 fully saturated rings. The fraction of sp³-hybridized carbons (Fsp3) is 0.231. The Bertz CT molecular complexity index is 625. The molecule has 0 saturated carbocycles. The molecule has 0 bridgehead atoms. The fourth-order valence-electron chi connectivity index (χ4n) is 1.73. The Morgan fingerprint density at radius 3 is 2.76 bits per heavy atom. The van der Waals surface area contributed by atoms with Crippen LogP contribution in [0.1, 0.15) is 5.56 Å². The van der Waals surface area contributed by atoms with E-state index in [1.54, 1.807) is 25.6 Å². The Kier molecular flexibility index (Phi) is 4.50. The van der Waals surface area contributed by atoms with Crippen molar-refractivity contribution >= 4 is 17.6 Å². The van der Waals surface area contributed by atoms with Crippen LogP contribution in [-0.2, 0) is 17.9 Å². The van der Waals surface area contributed by atoms with Gasteiger partial charge in [0.05, 0.1) is 11.9 Å². The normalized spacial score (nSPS) is 10.1. The predicted octanol–water partition coefficient (Wildman–Crippen LogP) is 0.427. The number of amides is 3. The van der Waals surface area contributed by atoms with Gasteiger partial charge in [0, 0.05) is 32.2 Å². The van der Waals surface area contributed by atoms with Gasteiger partial charge in [0.15, 0.2) is 0 Å². The Labute approximate surface area is 121 Å². The average Bonchev–Trinajstić information content (AvgIpc) is 2.86. The maximum absolute atomic E-state index is 12.0. The van der Waals surface area contributed by atoms with E-state index in [2.05, 4.69) is 15.4 Å². The van der Waals surface area contributed by atoms with Crippen LogP contribution in [0.2, 0.25) is 0 Å². The van der Waals surface area contributed by atoms with Crippen LogP contribution < -0.4 is 11.1 Å². The maximum Gasteiger partial charge on any atom is 0.321 e. The highest BCUT2D eigenvalue weighted by Gasteiger charge is 2.10. The Morgan fingerprint density at radius 1 is 1.38 bits per heavy atom. The van der Waals surface area contributed by atoms with E-state index in [0.29, 0.717) is 12.2 Å². The van der Waals surface area contributed by atoms with Crippen LogP contribution in [0.4, 0.5) is 10.5 Å². The van der Waals surface area contributed by atoms with Crippen LogP contribution in [0.5, 0.6) is 0 Å². The minimum Gasteiger partial charge on any atom is -0.368 e. The number of urea groups is 1. The van der Waals surface area contributed by atoms with Crippen molar-refractivity contribution in [3.05, 3.63) is 42.5 Å². The van der Waals surface area contributed by atoms with Crippen LogP contribution >= 0.6 is 0 Å². The van der Waals surface area contributed by atoms with Gasteiger partial charge in [-0.3, -0.25) is 14.5 Å². The molecule has 0 aliphatic rings. The van der Waals surface area contributed by atoms with Crippen molar-refractivity contribution in [2.45, 2.75) is 13.1 Å². The molecule has 2 rings (SSSR count). The number of hydrogen-bond donors (Lipinski definition) is 2. The zero-order valence-corrected chi connectivity index (χ0v) is 11.6. The summed E-state index contributed by atoms with van der Waals surface area (Å²) in [5.74, 6) is -0.495. The lowest BCUT2D eigenvalue weighted by atomic mass is 10.2. The number of anilines is 1. The number of aromatic nitrogens is 3. The van der Waals surface area contributed by atoms with E-state index >= 15 is 0 Å². The molecule has 0 radical (unpaired) electrons. The standard InChI is InChI=1S/C13H16N6O2/c1-18(7-10-2-4-15-5-3-10)13(21)17-11-6-16-19(8-11)9-12(14)20/h2-6,8H,7,9H2,1H3,(H2,14,20)(H,17,21). The van der Waals surface area contributed by atoms with Gasteiger partial charge in [-0.2, -0.15) is 5.10 Å². The third-order valence-corrected chi connectivity index (χ3v) is 2.72. The number of pyridine rings is 1. The van der Waals surface area contributed by atoms with Crippen molar-refractivity contribution in [1.82, 2.24) is 19.7 Å². The summed E-state index contributed by atoms with van der Waals surface area (Å²) in [5.41, 5.74) is 6.55. The summed E-state index contributed by atoms with van der Waals surface area (Å²) < 4.78 is 1.36. The Hall–Kier alpha value is -2.90. The molecule has 0 aliphatic carbocycles. The maximum atomic E-state index is 12.0. The minimum atomic E-state index is -0.495. The van der Waals surface area contributed by atoms with Crippen LogP contribution in [0.15, 0.2) is 36.9 Å². The topological polar surface area (TPSA) is 106 Å². The minimum absolute atomic E-state index is 0.0251. The SMILES string of the molecule is CN(Cc1ccncc1)C(=O)Nc1cnn(CC(N)=O)c1. The third kappa shape index (κ3) is 4.30. The molecular formula is C13H16N6O2. The molecule has 0 atom stereocenters. The van der Waals surface area contributed by atoms with Crippen LogP contribution in [0, 0.1) is 0 Å². The molecule has 8 heteroatoms. The van der Waals surface area contributed by atoms with Gasteiger partial charge in [-0.1, -0.05) is 0 Å². The number of rotatable bonds is 5. The van der Waals surface area contributed by atoms with Crippen molar-refractivity contribution in [2.75, 3.05) is 12.4 Å². The third-order valence-electron chi connectivity index (χ3n) is 2.72. The predicted molar refractivity (Wildman–Crippen MR) is 76.1 cm³/mol. The first kappa shape index (κ1) is 14.5. The molecule has 3 N–H and O–H groups in total. The summed E-state index contributed by atoms with van der Waals surface area (Å²) in [6.45, 7) is 0.437. The van der Waals surface area contributed by atoms with E-state index in [4.69, 9.17) is 5.73 Å². The van der Waals surface area contributed by atoms with Gasteiger partial charge >= 0.3 is 6.03 Å². The monoisotopic (exact) mass is 288 g/mol. The van der Waals surface area contributed by atoms with Crippen molar-refractivity contribution < 1.29 is 9.59 Å². The number of hydrogen-bond acceptors (Lipinski definition) is 4. The molecule has 8 nitrogen and oxygen atoms in total. The summed E-state index contributed by atoms with van der Waals surface area (Å²) in [7, 11) is 1.68. The molecule has 0 spiro atoms. The highest BCUT2D eigenvalue weighted by molar-refractivity contribution is 5.88. The Balaban J connectivity index is 1.91. The molecule has 0 saturated heterocycles. The van der Waals surface area contributed by atoms with Crippen LogP contribution in [-0.4, -0.2) is 38.7 Å². The van der Waals surface area contributed by atoms with Gasteiger partial charge in [0.1, 0.15) is 6.54 Å². The molecule has 2 aromatic rings. The second-order valence-corrected chi connectivity index (χ2v) is 4.53. The lowest BCUT2D eigenvalue weighted by Crippen LogP contribution is -2.30. The molecule has 2 heterocycles. The molecule has 21 heavy (non-hydrogen) atoms. The summed E-state index contributed by atoms with van der Waals surface area (Å²) >= 11 is 0. The molecule has 2 aromatic heterocycles. The molecule has 0 aromatic carbocycles. The Morgan fingerprint density at radius 2 is 2.10 bits per heavy atom. The first-order valence-electron chi connectivity index (χ1n) is 6.26. The van der Waals surface area contributed by atoms with E-state index < -0.39 is 5.91 Å². The van der Waals surface area contributed by atoms with Gasteiger partial charge in [-0.05, 0) is 17.7 Å². The number of primary amides is 1. The van der Waals surface area contributed by atoms with Gasteiger partial charge in [-0.15, -0.1) is 0 Å². The lowest BCUT2D eigenvalue weighted by Gasteiger charge is -2.17. The molecule has 0 unspecified atom stereocenters. The number of nitrogens with zero attached hydrogens (tertiary/aromatic N) is 4. The molecule has 3 amide bonds. The van der Waals surface area contributed by atoms with E-state index in [9.17, 15) is 9.59 Å². The summed E-state index contributed by atoms with van der Waals surface area (Å²) in [5, 5.41) is 6.62. The van der Waals surface area contributed by atoms with E-state index in [0.717, 1.165) is 5.56 Å². The smallest absolute Gasteiger partial charge is 0.321 e. The lowest BCUT2D eigenvalue weighted by molar-refractivity contribution is -0.118. The number of carbonyl (C=O) groups excluding carboxylic acids is 2. The second-order valence-electron chi connectivity index (χ2n) is 4.53. The average molecular weight is 288 g/mol. The summed E-state index contributed by atoms with van der Waals surface area (Å²) in [6.07, 6.45) is 6.36. The van der Waals surface area contributed by atoms with E-state index in [-0.39, 0.29) is 12.6 Å². The number of nitrogens with two attached hydrogens (primary N) is 1. The molecular weight excluding hydrogens is 272 g/mol. The molecule has 0 aliphatic heterocycles. The number of carbonyl (C=O) groups is 2.